The van der Waals surface area contributed by atoms with Crippen LogP contribution in [0.15, 0.2) is 0 Å². The van der Waals surface area contributed by atoms with Crippen molar-refractivity contribution in [1.29, 1.82) is 0 Å². The maximum absolute atomic E-state index is 13.2. The Bertz CT molecular complexity index is 496. The van der Waals surface area contributed by atoms with Gasteiger partial charge < -0.3 is 9.47 Å². The molecule has 31 heavy (non-hydrogen) atoms. The average molecular weight is 438 g/mol. The lowest BCUT2D eigenvalue weighted by Gasteiger charge is -2.31. The van der Waals surface area contributed by atoms with Crippen LogP contribution in [0.2, 0.25) is 0 Å². The van der Waals surface area contributed by atoms with Crippen LogP contribution < -0.4 is 0 Å². The minimum Gasteiger partial charge on any atom is -0.381 e. The summed E-state index contributed by atoms with van der Waals surface area (Å²) >= 11 is 0. The topological polar surface area (TPSA) is 78.7 Å². The largest absolute Gasteiger partial charge is 0.381 e. The predicted molar refractivity (Wildman–Crippen MR) is 122 cm³/mol. The van der Waals surface area contributed by atoms with E-state index in [2.05, 4.69) is 6.92 Å². The van der Waals surface area contributed by atoms with Gasteiger partial charge in [-0.05, 0) is 38.5 Å². The molecule has 0 aromatic heterocycles. The van der Waals surface area contributed by atoms with Gasteiger partial charge >= 0.3 is 0 Å². The molecule has 0 spiro atoms. The minimum atomic E-state index is -0.645. The van der Waals surface area contributed by atoms with Crippen molar-refractivity contribution < 1.29 is 19.2 Å². The van der Waals surface area contributed by atoms with Gasteiger partial charge in [0, 0.05) is 36.7 Å². The van der Waals surface area contributed by atoms with Crippen LogP contribution in [0.3, 0.4) is 0 Å². The second-order valence-corrected chi connectivity index (χ2v) is 9.32. The van der Waals surface area contributed by atoms with Gasteiger partial charge in [-0.1, -0.05) is 58.3 Å². The van der Waals surface area contributed by atoms with E-state index in [4.69, 9.17) is 9.47 Å². The lowest BCUT2D eigenvalue weighted by atomic mass is 9.89. The van der Waals surface area contributed by atoms with Gasteiger partial charge in [0.1, 0.15) is 0 Å². The van der Waals surface area contributed by atoms with Crippen molar-refractivity contribution in [3.63, 3.8) is 0 Å². The minimum absolute atomic E-state index is 0.0112. The maximum Gasteiger partial charge on any atom is 0.213 e. The van der Waals surface area contributed by atoms with Gasteiger partial charge in [0.2, 0.25) is 6.04 Å². The number of ether oxygens (including phenoxy) is 2. The number of ketones is 1. The van der Waals surface area contributed by atoms with Gasteiger partial charge in [-0.2, -0.15) is 0 Å². The monoisotopic (exact) mass is 437 g/mol. The van der Waals surface area contributed by atoms with Crippen molar-refractivity contribution in [2.24, 2.45) is 5.92 Å². The number of unbranched alkanes of at least 4 members (excludes halogenated alkanes) is 4. The lowest BCUT2D eigenvalue weighted by Crippen LogP contribution is -2.34. The van der Waals surface area contributed by atoms with Gasteiger partial charge in [0.15, 0.2) is 11.9 Å². The van der Waals surface area contributed by atoms with Gasteiger partial charge in [0.25, 0.3) is 0 Å². The highest BCUT2D eigenvalue weighted by Gasteiger charge is 2.34. The third-order valence-electron chi connectivity index (χ3n) is 6.69. The van der Waals surface area contributed by atoms with Gasteiger partial charge in [0.05, 0.1) is 12.7 Å². The standard InChI is InChI=1S/C25H43NO5/c1-2-3-4-5-9-14-22(26(28)29)17-18-24(27)25-21-13-8-6-7-10-15-23(31-25)16-11-12-19-30-20-21/h21-23H,1-20H2. The first-order chi connectivity index (χ1) is 15.1. The zero-order valence-electron chi connectivity index (χ0n) is 19.4. The summed E-state index contributed by atoms with van der Waals surface area (Å²) in [5.41, 5.74) is 0. The molecular formula is C25H43NO5. The number of fused-ring (bicyclic) bond motifs is 3. The molecule has 2 radical (unpaired) electrons. The maximum atomic E-state index is 13.2. The van der Waals surface area contributed by atoms with Crippen LogP contribution in [0.1, 0.15) is 109 Å². The second kappa shape index (κ2) is 15.7. The summed E-state index contributed by atoms with van der Waals surface area (Å²) in [5, 5.41) is 11.5. The predicted octanol–water partition coefficient (Wildman–Crippen LogP) is 6.24. The molecule has 3 unspecified atom stereocenters. The first-order valence-electron chi connectivity index (χ1n) is 12.7. The fourth-order valence-electron chi connectivity index (χ4n) is 4.73. The summed E-state index contributed by atoms with van der Waals surface area (Å²) in [4.78, 5) is 24.5. The third kappa shape index (κ3) is 10.4. The van der Waals surface area contributed by atoms with Crippen LogP contribution >= 0.6 is 0 Å². The molecule has 2 saturated heterocycles. The van der Waals surface area contributed by atoms with Crippen molar-refractivity contribution in [3.05, 3.63) is 23.1 Å². The van der Waals surface area contributed by atoms with Crippen LogP contribution in [0, 0.1) is 29.1 Å². The fourth-order valence-corrected chi connectivity index (χ4v) is 4.73. The van der Waals surface area contributed by atoms with Crippen molar-refractivity contribution in [3.8, 4) is 0 Å². The quantitative estimate of drug-likeness (QED) is 0.217. The Hall–Kier alpha value is -1.01. The van der Waals surface area contributed by atoms with Gasteiger partial charge in [-0.3, -0.25) is 14.9 Å². The Kier molecular flexibility index (Phi) is 13.3. The van der Waals surface area contributed by atoms with E-state index in [-0.39, 0.29) is 29.1 Å². The van der Waals surface area contributed by atoms with Gasteiger partial charge in [-0.15, -0.1) is 0 Å². The highest BCUT2D eigenvalue weighted by molar-refractivity contribution is 5.90. The molecule has 2 aliphatic heterocycles. The molecule has 6 nitrogen and oxygen atoms in total. The molecule has 6 heteroatoms. The molecule has 178 valence electrons. The van der Waals surface area contributed by atoms with E-state index in [0.29, 0.717) is 25.6 Å². The normalized spacial score (nSPS) is 25.1. The van der Waals surface area contributed by atoms with E-state index in [1.54, 1.807) is 0 Å². The Morgan fingerprint density at radius 1 is 1.00 bits per heavy atom. The summed E-state index contributed by atoms with van der Waals surface area (Å²) in [7, 11) is 0. The van der Waals surface area contributed by atoms with E-state index in [1.165, 1.54) is 12.8 Å². The lowest BCUT2D eigenvalue weighted by molar-refractivity contribution is -0.524. The van der Waals surface area contributed by atoms with Crippen molar-refractivity contribution >= 4 is 5.78 Å². The Balaban J connectivity index is 1.96. The number of rotatable bonds is 11. The molecule has 2 heterocycles. The zero-order valence-corrected chi connectivity index (χ0v) is 19.4. The summed E-state index contributed by atoms with van der Waals surface area (Å²) in [6.45, 7) is 5.10. The summed E-state index contributed by atoms with van der Waals surface area (Å²) in [5.74, 6) is -0.0495. The molecule has 0 aliphatic carbocycles. The number of nitrogens with zero attached hydrogens (tertiary/aromatic N) is 1. The molecular weight excluding hydrogens is 394 g/mol. The molecule has 0 N–H and O–H groups in total. The smallest absolute Gasteiger partial charge is 0.213 e. The molecule has 0 saturated carbocycles. The van der Waals surface area contributed by atoms with E-state index in [1.807, 2.05) is 0 Å². The average Bonchev–Trinajstić information content (AvgIpc) is 2.76. The molecule has 2 rings (SSSR count). The van der Waals surface area contributed by atoms with E-state index in [0.717, 1.165) is 83.7 Å². The molecule has 2 aliphatic rings. The second-order valence-electron chi connectivity index (χ2n) is 9.32. The van der Waals surface area contributed by atoms with Crippen LogP contribution in [-0.4, -0.2) is 36.1 Å². The summed E-state index contributed by atoms with van der Waals surface area (Å²) < 4.78 is 12.2. The summed E-state index contributed by atoms with van der Waals surface area (Å²) in [6.07, 6.45) is 16.1. The molecule has 0 aromatic carbocycles. The van der Waals surface area contributed by atoms with E-state index < -0.39 is 6.04 Å². The first-order valence-corrected chi connectivity index (χ1v) is 12.7. The number of nitro groups is 1. The molecule has 3 atom stereocenters. The SMILES string of the molecule is [CH2]CCCCCCC(CCC(=O)[C]1OC2CCCCCCC1COCCCC2)[N+](=O)[O-]. The van der Waals surface area contributed by atoms with Crippen molar-refractivity contribution in [1.82, 2.24) is 0 Å². The highest BCUT2D eigenvalue weighted by Crippen LogP contribution is 2.32. The fraction of sp³-hybridized carbons (Fsp3) is 0.880. The number of Topliss-reactive ketones (excluding diaryl/α,β-unsaturated/α-hetero) is 1. The summed E-state index contributed by atoms with van der Waals surface area (Å²) in [6, 6.07) is -0.645. The van der Waals surface area contributed by atoms with Crippen LogP contribution in [0.4, 0.5) is 0 Å². The molecule has 0 aromatic rings. The molecule has 0 amide bonds. The van der Waals surface area contributed by atoms with E-state index >= 15 is 0 Å². The number of carbonyl (C=O) groups is 1. The Morgan fingerprint density at radius 2 is 1.71 bits per heavy atom. The first kappa shape index (κ1) is 26.2. The van der Waals surface area contributed by atoms with Crippen molar-refractivity contribution in [2.45, 2.75) is 121 Å². The van der Waals surface area contributed by atoms with Gasteiger partial charge in [-0.25, -0.2) is 0 Å². The van der Waals surface area contributed by atoms with Crippen molar-refractivity contribution in [2.75, 3.05) is 13.2 Å². The van der Waals surface area contributed by atoms with Crippen LogP contribution in [-0.2, 0) is 14.3 Å². The van der Waals surface area contributed by atoms with E-state index in [9.17, 15) is 14.9 Å². The third-order valence-corrected chi connectivity index (χ3v) is 6.69. The molecule has 2 bridgehead atoms. The number of hydrogen-bond acceptors (Lipinski definition) is 5. The number of hydrogen-bond donors (Lipinski definition) is 0. The van der Waals surface area contributed by atoms with Crippen LogP contribution in [0.5, 0.6) is 0 Å². The molecule has 2 fully saturated rings. The highest BCUT2D eigenvalue weighted by atomic mass is 16.6. The van der Waals surface area contributed by atoms with Crippen LogP contribution in [0.25, 0.3) is 0 Å². The number of carbonyl (C=O) groups excluding carboxylic acids is 1. The Labute approximate surface area is 189 Å². The Morgan fingerprint density at radius 3 is 2.45 bits per heavy atom. The zero-order chi connectivity index (χ0) is 22.3.